The van der Waals surface area contributed by atoms with E-state index in [-0.39, 0.29) is 23.0 Å². The van der Waals surface area contributed by atoms with Crippen LogP contribution in [0.3, 0.4) is 0 Å². The molecule has 2 aromatic rings. The summed E-state index contributed by atoms with van der Waals surface area (Å²) in [6.45, 7) is 0.0600. The molecule has 3 rings (SSSR count). The van der Waals surface area contributed by atoms with E-state index < -0.39 is 11.8 Å². The number of benzene rings is 2. The molecule has 0 saturated carbocycles. The van der Waals surface area contributed by atoms with Gasteiger partial charge in [0.2, 0.25) is 0 Å². The molecule has 0 fully saturated rings. The van der Waals surface area contributed by atoms with E-state index in [0.717, 1.165) is 4.90 Å². The van der Waals surface area contributed by atoms with Crippen LogP contribution in [0.1, 0.15) is 11.1 Å². The number of imide groups is 1. The highest BCUT2D eigenvalue weighted by molar-refractivity contribution is 6.55. The highest BCUT2D eigenvalue weighted by Crippen LogP contribution is 2.32. The summed E-state index contributed by atoms with van der Waals surface area (Å²) in [6, 6.07) is 14.4. The fourth-order valence-electron chi connectivity index (χ4n) is 2.32. The lowest BCUT2D eigenvalue weighted by Crippen LogP contribution is -2.30. The van der Waals surface area contributed by atoms with E-state index in [1.807, 2.05) is 6.07 Å². The maximum atomic E-state index is 12.9. The largest absolute Gasteiger partial charge is 0.273 e. The highest BCUT2D eigenvalue weighted by Gasteiger charge is 2.37. The molecular weight excluding hydrogens is 305 g/mol. The van der Waals surface area contributed by atoms with Crippen LogP contribution in [0.2, 0.25) is 0 Å². The second kappa shape index (κ2) is 5.73. The lowest BCUT2D eigenvalue weighted by Gasteiger charge is -2.14. The van der Waals surface area contributed by atoms with Gasteiger partial charge in [0.1, 0.15) is 10.8 Å². The average Bonchev–Trinajstić information content (AvgIpc) is 2.74. The molecule has 0 bridgehead atoms. The van der Waals surface area contributed by atoms with E-state index >= 15 is 0 Å². The summed E-state index contributed by atoms with van der Waals surface area (Å²) in [7, 11) is 0. The summed E-state index contributed by atoms with van der Waals surface area (Å²) in [6.07, 6.45) is 0. The molecule has 0 unspecified atom stereocenters. The van der Waals surface area contributed by atoms with Crippen molar-refractivity contribution in [1.82, 2.24) is 4.90 Å². The molecule has 2 aromatic carbocycles. The molecule has 0 saturated heterocycles. The Bertz CT molecular complexity index is 769. The lowest BCUT2D eigenvalue weighted by molar-refractivity contribution is -0.137. The van der Waals surface area contributed by atoms with E-state index in [0.29, 0.717) is 11.1 Å². The molecule has 3 nitrogen and oxygen atoms in total. The minimum Gasteiger partial charge on any atom is -0.269 e. The molecule has 1 heterocycles. The standard InChI is InChI=1S/C17H11ClFNO2/c18-15-14(12-4-2-1-3-5-12)16(21)20(17(15)22)10-11-6-8-13(19)9-7-11/h1-9H,10H2. The Hall–Kier alpha value is -2.46. The van der Waals surface area contributed by atoms with Gasteiger partial charge >= 0.3 is 0 Å². The Balaban J connectivity index is 1.89. The molecule has 22 heavy (non-hydrogen) atoms. The predicted octanol–water partition coefficient (Wildman–Crippen LogP) is 3.34. The monoisotopic (exact) mass is 315 g/mol. The van der Waals surface area contributed by atoms with Gasteiger partial charge < -0.3 is 0 Å². The van der Waals surface area contributed by atoms with Crippen molar-refractivity contribution in [2.24, 2.45) is 0 Å². The van der Waals surface area contributed by atoms with Crippen molar-refractivity contribution >= 4 is 29.0 Å². The van der Waals surface area contributed by atoms with Gasteiger partial charge in [-0.05, 0) is 23.3 Å². The molecule has 5 heteroatoms. The number of halogens is 2. The Kier molecular flexibility index (Phi) is 3.77. The summed E-state index contributed by atoms with van der Waals surface area (Å²) in [5.41, 5.74) is 1.46. The second-order valence-corrected chi connectivity index (χ2v) is 5.26. The molecule has 1 aliphatic heterocycles. The van der Waals surface area contributed by atoms with Gasteiger partial charge in [-0.2, -0.15) is 0 Å². The van der Waals surface area contributed by atoms with Crippen molar-refractivity contribution in [3.63, 3.8) is 0 Å². The van der Waals surface area contributed by atoms with Gasteiger partial charge in [0, 0.05) is 0 Å². The summed E-state index contributed by atoms with van der Waals surface area (Å²) in [5.74, 6) is -1.34. The van der Waals surface area contributed by atoms with Crippen LogP contribution in [0, 0.1) is 5.82 Å². The topological polar surface area (TPSA) is 37.4 Å². The van der Waals surface area contributed by atoms with Crippen molar-refractivity contribution in [2.45, 2.75) is 6.54 Å². The zero-order valence-electron chi connectivity index (χ0n) is 11.4. The maximum absolute atomic E-state index is 12.9. The van der Waals surface area contributed by atoms with Crippen molar-refractivity contribution in [2.75, 3.05) is 0 Å². The van der Waals surface area contributed by atoms with Gasteiger partial charge in [0.25, 0.3) is 11.8 Å². The molecule has 110 valence electrons. The molecule has 1 aliphatic rings. The maximum Gasteiger partial charge on any atom is 0.273 e. The first-order chi connectivity index (χ1) is 10.6. The van der Waals surface area contributed by atoms with Crippen molar-refractivity contribution in [1.29, 1.82) is 0 Å². The van der Waals surface area contributed by atoms with Gasteiger partial charge in [0.05, 0.1) is 12.1 Å². The van der Waals surface area contributed by atoms with Gasteiger partial charge in [0.15, 0.2) is 0 Å². The molecular formula is C17H11ClFNO2. The fourth-order valence-corrected chi connectivity index (χ4v) is 2.61. The smallest absolute Gasteiger partial charge is 0.269 e. The van der Waals surface area contributed by atoms with Crippen LogP contribution >= 0.6 is 11.6 Å². The van der Waals surface area contributed by atoms with Gasteiger partial charge in [-0.25, -0.2) is 4.39 Å². The Morgan fingerprint density at radius 2 is 1.55 bits per heavy atom. The first-order valence-corrected chi connectivity index (χ1v) is 7.01. The van der Waals surface area contributed by atoms with E-state index in [1.165, 1.54) is 24.3 Å². The van der Waals surface area contributed by atoms with Crippen LogP contribution in [0.5, 0.6) is 0 Å². The first-order valence-electron chi connectivity index (χ1n) is 6.64. The zero-order valence-corrected chi connectivity index (χ0v) is 12.2. The van der Waals surface area contributed by atoms with Crippen molar-refractivity contribution in [3.8, 4) is 0 Å². The third-order valence-electron chi connectivity index (χ3n) is 3.43. The van der Waals surface area contributed by atoms with E-state index in [1.54, 1.807) is 24.3 Å². The average molecular weight is 316 g/mol. The number of rotatable bonds is 3. The molecule has 0 N–H and O–H groups in total. The number of carbonyl (C=O) groups is 2. The number of amides is 2. The van der Waals surface area contributed by atoms with Crippen LogP contribution < -0.4 is 0 Å². The van der Waals surface area contributed by atoms with E-state index in [2.05, 4.69) is 0 Å². The van der Waals surface area contributed by atoms with Crippen molar-refractivity contribution < 1.29 is 14.0 Å². The minimum atomic E-state index is -0.533. The number of hydrogen-bond donors (Lipinski definition) is 0. The fraction of sp³-hybridized carbons (Fsp3) is 0.0588. The molecule has 0 atom stereocenters. The molecule has 2 amide bonds. The Morgan fingerprint density at radius 3 is 2.18 bits per heavy atom. The summed E-state index contributed by atoms with van der Waals surface area (Å²) in [4.78, 5) is 25.8. The number of carbonyl (C=O) groups excluding carboxylic acids is 2. The van der Waals surface area contributed by atoms with Gasteiger partial charge in [-0.1, -0.05) is 54.1 Å². The van der Waals surface area contributed by atoms with Crippen LogP contribution in [0.15, 0.2) is 59.6 Å². The third-order valence-corrected chi connectivity index (χ3v) is 3.78. The number of nitrogens with zero attached hydrogens (tertiary/aromatic N) is 1. The molecule has 0 radical (unpaired) electrons. The van der Waals surface area contributed by atoms with Gasteiger partial charge in [-0.15, -0.1) is 0 Å². The van der Waals surface area contributed by atoms with E-state index in [9.17, 15) is 14.0 Å². The Morgan fingerprint density at radius 1 is 0.909 bits per heavy atom. The first kappa shape index (κ1) is 14.5. The SMILES string of the molecule is O=C1C(Cl)=C(c2ccccc2)C(=O)N1Cc1ccc(F)cc1. The summed E-state index contributed by atoms with van der Waals surface area (Å²) < 4.78 is 12.9. The third kappa shape index (κ3) is 2.53. The van der Waals surface area contributed by atoms with Crippen LogP contribution in [0.25, 0.3) is 5.57 Å². The summed E-state index contributed by atoms with van der Waals surface area (Å²) in [5, 5.41) is -0.0849. The van der Waals surface area contributed by atoms with Crippen LogP contribution in [-0.2, 0) is 16.1 Å². The van der Waals surface area contributed by atoms with Crippen LogP contribution in [-0.4, -0.2) is 16.7 Å². The van der Waals surface area contributed by atoms with Crippen LogP contribution in [0.4, 0.5) is 4.39 Å². The molecule has 0 aromatic heterocycles. The predicted molar refractivity (Wildman–Crippen MR) is 81.2 cm³/mol. The second-order valence-electron chi connectivity index (χ2n) is 4.88. The molecule has 0 aliphatic carbocycles. The Labute approximate surface area is 131 Å². The minimum absolute atomic E-state index is 0.0600. The van der Waals surface area contributed by atoms with E-state index in [4.69, 9.17) is 11.6 Å². The zero-order chi connectivity index (χ0) is 15.7. The lowest BCUT2D eigenvalue weighted by atomic mass is 10.1. The highest BCUT2D eigenvalue weighted by atomic mass is 35.5. The van der Waals surface area contributed by atoms with Crippen molar-refractivity contribution in [3.05, 3.63) is 76.6 Å². The molecule has 0 spiro atoms. The number of hydrogen-bond acceptors (Lipinski definition) is 2. The summed E-state index contributed by atoms with van der Waals surface area (Å²) >= 11 is 6.05. The van der Waals surface area contributed by atoms with Gasteiger partial charge in [-0.3, -0.25) is 14.5 Å². The quantitative estimate of drug-likeness (QED) is 0.815. The normalized spacial score (nSPS) is 14.9.